The average Bonchev–Trinajstić information content (AvgIpc) is 2.49. The van der Waals surface area contributed by atoms with Crippen molar-refractivity contribution in [1.29, 1.82) is 0 Å². The van der Waals surface area contributed by atoms with Gasteiger partial charge in [0.05, 0.1) is 12.1 Å². The van der Waals surface area contributed by atoms with E-state index in [1.165, 1.54) is 18.2 Å². The molecule has 2 amide bonds. The molecule has 0 aliphatic heterocycles. The van der Waals surface area contributed by atoms with Gasteiger partial charge in [0.25, 0.3) is 5.91 Å². The fraction of sp³-hybridized carbons (Fsp3) is 0.176. The van der Waals surface area contributed by atoms with E-state index in [9.17, 15) is 14.0 Å². The van der Waals surface area contributed by atoms with Gasteiger partial charge in [-0.05, 0) is 43.2 Å². The summed E-state index contributed by atoms with van der Waals surface area (Å²) in [7, 11) is 0. The number of aryl methyl sites for hydroxylation is 2. The smallest absolute Gasteiger partial charge is 0.254 e. The topological polar surface area (TPSA) is 58.2 Å². The Bertz CT molecular complexity index is 714. The third-order valence-electron chi connectivity index (χ3n) is 3.20. The molecule has 0 saturated carbocycles. The van der Waals surface area contributed by atoms with Crippen molar-refractivity contribution in [1.82, 2.24) is 5.32 Å². The summed E-state index contributed by atoms with van der Waals surface area (Å²) < 4.78 is 13.4. The molecule has 114 valence electrons. The Kier molecular flexibility index (Phi) is 4.88. The summed E-state index contributed by atoms with van der Waals surface area (Å²) >= 11 is 0. The normalized spacial score (nSPS) is 10.1. The highest BCUT2D eigenvalue weighted by molar-refractivity contribution is 5.99. The second-order valence-corrected chi connectivity index (χ2v) is 5.03. The largest absolute Gasteiger partial charge is 0.343 e. The summed E-state index contributed by atoms with van der Waals surface area (Å²) in [5.74, 6) is -1.59. The van der Waals surface area contributed by atoms with Gasteiger partial charge in [-0.15, -0.1) is 0 Å². The number of hydrogen-bond acceptors (Lipinski definition) is 2. The van der Waals surface area contributed by atoms with Crippen LogP contribution in [0.4, 0.5) is 10.1 Å². The number of amides is 2. The summed E-state index contributed by atoms with van der Waals surface area (Å²) in [5.41, 5.74) is 2.57. The Balaban J connectivity index is 1.94. The molecule has 0 aliphatic carbocycles. The van der Waals surface area contributed by atoms with Crippen LogP contribution in [-0.2, 0) is 4.79 Å². The molecule has 22 heavy (non-hydrogen) atoms. The number of carbonyl (C=O) groups is 2. The minimum absolute atomic E-state index is 0.0814. The molecule has 2 aromatic rings. The average molecular weight is 300 g/mol. The van der Waals surface area contributed by atoms with Crippen LogP contribution in [0.25, 0.3) is 0 Å². The molecule has 0 bridgehead atoms. The van der Waals surface area contributed by atoms with Gasteiger partial charge in [0, 0.05) is 5.69 Å². The molecular formula is C17H17FN2O2. The molecule has 0 unspecified atom stereocenters. The summed E-state index contributed by atoms with van der Waals surface area (Å²) in [5, 5.41) is 5.13. The fourth-order valence-corrected chi connectivity index (χ4v) is 1.97. The highest BCUT2D eigenvalue weighted by Crippen LogP contribution is 2.16. The van der Waals surface area contributed by atoms with Gasteiger partial charge in [0.2, 0.25) is 5.91 Å². The SMILES string of the molecule is Cc1ccc(C)c(NC(=O)CNC(=O)c2ccccc2F)c1. The first-order chi connectivity index (χ1) is 10.5. The van der Waals surface area contributed by atoms with Crippen LogP contribution < -0.4 is 10.6 Å². The van der Waals surface area contributed by atoms with Crippen molar-refractivity contribution in [2.75, 3.05) is 11.9 Å². The molecule has 2 aromatic carbocycles. The lowest BCUT2D eigenvalue weighted by molar-refractivity contribution is -0.115. The van der Waals surface area contributed by atoms with Crippen molar-refractivity contribution in [3.8, 4) is 0 Å². The molecule has 2 N–H and O–H groups in total. The van der Waals surface area contributed by atoms with E-state index >= 15 is 0 Å². The Morgan fingerprint density at radius 2 is 1.82 bits per heavy atom. The van der Waals surface area contributed by atoms with Gasteiger partial charge in [-0.25, -0.2) is 4.39 Å². The van der Waals surface area contributed by atoms with Crippen molar-refractivity contribution >= 4 is 17.5 Å². The van der Waals surface area contributed by atoms with Gasteiger partial charge in [0.1, 0.15) is 5.82 Å². The Labute approximate surface area is 128 Å². The molecule has 0 aromatic heterocycles. The Hall–Kier alpha value is -2.69. The van der Waals surface area contributed by atoms with Crippen molar-refractivity contribution < 1.29 is 14.0 Å². The Morgan fingerprint density at radius 3 is 2.55 bits per heavy atom. The predicted octanol–water partition coefficient (Wildman–Crippen LogP) is 2.81. The second kappa shape index (κ2) is 6.85. The van der Waals surface area contributed by atoms with Gasteiger partial charge in [-0.3, -0.25) is 9.59 Å². The van der Waals surface area contributed by atoms with Crippen LogP contribution in [0.15, 0.2) is 42.5 Å². The van der Waals surface area contributed by atoms with Crippen molar-refractivity contribution in [2.45, 2.75) is 13.8 Å². The molecule has 0 radical (unpaired) electrons. The van der Waals surface area contributed by atoms with E-state index in [1.807, 2.05) is 32.0 Å². The van der Waals surface area contributed by atoms with Crippen LogP contribution in [0.2, 0.25) is 0 Å². The number of rotatable bonds is 4. The zero-order valence-electron chi connectivity index (χ0n) is 12.4. The van der Waals surface area contributed by atoms with Crippen LogP contribution in [0, 0.1) is 19.7 Å². The summed E-state index contributed by atoms with van der Waals surface area (Å²) in [6.07, 6.45) is 0. The number of nitrogens with one attached hydrogen (secondary N) is 2. The maximum atomic E-state index is 13.4. The lowest BCUT2D eigenvalue weighted by atomic mass is 10.1. The first-order valence-corrected chi connectivity index (χ1v) is 6.87. The van der Waals surface area contributed by atoms with Gasteiger partial charge in [-0.1, -0.05) is 24.3 Å². The molecule has 2 rings (SSSR count). The number of benzene rings is 2. The maximum Gasteiger partial charge on any atom is 0.254 e. The van der Waals surface area contributed by atoms with Gasteiger partial charge >= 0.3 is 0 Å². The van der Waals surface area contributed by atoms with Crippen LogP contribution in [0.1, 0.15) is 21.5 Å². The fourth-order valence-electron chi connectivity index (χ4n) is 1.97. The minimum Gasteiger partial charge on any atom is -0.343 e. The molecule has 0 heterocycles. The van der Waals surface area contributed by atoms with Crippen LogP contribution >= 0.6 is 0 Å². The van der Waals surface area contributed by atoms with E-state index in [2.05, 4.69) is 10.6 Å². The Morgan fingerprint density at radius 1 is 1.09 bits per heavy atom. The standard InChI is InChI=1S/C17H17FN2O2/c1-11-7-8-12(2)15(9-11)20-16(21)10-19-17(22)13-5-3-4-6-14(13)18/h3-9H,10H2,1-2H3,(H,19,22)(H,20,21). The quantitative estimate of drug-likeness (QED) is 0.912. The van der Waals surface area contributed by atoms with Crippen LogP contribution in [0.5, 0.6) is 0 Å². The van der Waals surface area contributed by atoms with Crippen LogP contribution in [0.3, 0.4) is 0 Å². The first kappa shape index (κ1) is 15.7. The number of halogens is 1. The highest BCUT2D eigenvalue weighted by Gasteiger charge is 2.12. The molecule has 0 saturated heterocycles. The predicted molar refractivity (Wildman–Crippen MR) is 83.3 cm³/mol. The molecule has 0 atom stereocenters. The lowest BCUT2D eigenvalue weighted by Gasteiger charge is -2.10. The molecule has 0 spiro atoms. The molecule has 0 fully saturated rings. The maximum absolute atomic E-state index is 13.4. The van der Waals surface area contributed by atoms with Gasteiger partial charge in [-0.2, -0.15) is 0 Å². The lowest BCUT2D eigenvalue weighted by Crippen LogP contribution is -2.33. The minimum atomic E-state index is -0.616. The van der Waals surface area contributed by atoms with E-state index in [4.69, 9.17) is 0 Å². The van der Waals surface area contributed by atoms with Crippen molar-refractivity contribution in [2.24, 2.45) is 0 Å². The van der Waals surface area contributed by atoms with Crippen molar-refractivity contribution in [3.05, 3.63) is 65.0 Å². The summed E-state index contributed by atoms with van der Waals surface area (Å²) in [6, 6.07) is 11.3. The number of hydrogen-bond donors (Lipinski definition) is 2. The van der Waals surface area contributed by atoms with E-state index in [1.54, 1.807) is 6.07 Å². The molecule has 0 aliphatic rings. The summed E-state index contributed by atoms with van der Waals surface area (Å²) in [4.78, 5) is 23.7. The third kappa shape index (κ3) is 3.91. The zero-order chi connectivity index (χ0) is 16.1. The highest BCUT2D eigenvalue weighted by atomic mass is 19.1. The first-order valence-electron chi connectivity index (χ1n) is 6.87. The van der Waals surface area contributed by atoms with E-state index in [0.29, 0.717) is 5.69 Å². The molecular weight excluding hydrogens is 283 g/mol. The van der Waals surface area contributed by atoms with Crippen molar-refractivity contribution in [3.63, 3.8) is 0 Å². The zero-order valence-corrected chi connectivity index (χ0v) is 12.4. The summed E-state index contributed by atoms with van der Waals surface area (Å²) in [6.45, 7) is 3.59. The second-order valence-electron chi connectivity index (χ2n) is 5.03. The monoisotopic (exact) mass is 300 g/mol. The molecule has 4 nitrogen and oxygen atoms in total. The van der Waals surface area contributed by atoms with E-state index < -0.39 is 11.7 Å². The number of anilines is 1. The van der Waals surface area contributed by atoms with Crippen LogP contribution in [-0.4, -0.2) is 18.4 Å². The number of carbonyl (C=O) groups excluding carboxylic acids is 2. The van der Waals surface area contributed by atoms with E-state index in [-0.39, 0.29) is 18.0 Å². The molecule has 5 heteroatoms. The van der Waals surface area contributed by atoms with Gasteiger partial charge < -0.3 is 10.6 Å². The van der Waals surface area contributed by atoms with E-state index in [0.717, 1.165) is 11.1 Å². The third-order valence-corrected chi connectivity index (χ3v) is 3.20. The van der Waals surface area contributed by atoms with Gasteiger partial charge in [0.15, 0.2) is 0 Å².